The number of aliphatic carboxylic acids is 1. The number of hydrogen-bond donors (Lipinski definition) is 1. The van der Waals surface area contributed by atoms with Gasteiger partial charge in [-0.2, -0.15) is 13.2 Å². The Morgan fingerprint density at radius 2 is 1.88 bits per heavy atom. The van der Waals surface area contributed by atoms with Crippen LogP contribution in [-0.2, 0) is 27.1 Å². The van der Waals surface area contributed by atoms with Crippen molar-refractivity contribution in [2.45, 2.75) is 25.6 Å². The van der Waals surface area contributed by atoms with Crippen LogP contribution in [-0.4, -0.2) is 52.8 Å². The monoisotopic (exact) mass is 372 g/mol. The number of carbonyl (C=O) groups is 3. The number of halogens is 3. The Morgan fingerprint density at radius 1 is 1.27 bits per heavy atom. The molecule has 0 aromatic heterocycles. The average molecular weight is 372 g/mol. The Kier molecular flexibility index (Phi) is 5.89. The lowest BCUT2D eigenvalue weighted by Crippen LogP contribution is -2.45. The minimum Gasteiger partial charge on any atom is -0.480 e. The Morgan fingerprint density at radius 3 is 2.38 bits per heavy atom. The SMILES string of the molecule is CN1CCC(C(=O)N(CC(=O)O)Cc2ccc(C(F)(F)F)cc2)CC1=O. The van der Waals surface area contributed by atoms with E-state index in [4.69, 9.17) is 5.11 Å². The summed E-state index contributed by atoms with van der Waals surface area (Å²) >= 11 is 0. The molecule has 1 saturated heterocycles. The van der Waals surface area contributed by atoms with Crippen LogP contribution in [0.2, 0.25) is 0 Å². The predicted molar refractivity (Wildman–Crippen MR) is 84.9 cm³/mol. The molecule has 2 rings (SSSR count). The van der Waals surface area contributed by atoms with Crippen LogP contribution in [0, 0.1) is 5.92 Å². The molecule has 26 heavy (non-hydrogen) atoms. The van der Waals surface area contributed by atoms with Crippen molar-refractivity contribution < 1.29 is 32.7 Å². The van der Waals surface area contributed by atoms with Crippen molar-refractivity contribution >= 4 is 17.8 Å². The minimum absolute atomic E-state index is 0.00152. The molecule has 0 spiro atoms. The number of carbonyl (C=O) groups excluding carboxylic acids is 2. The average Bonchev–Trinajstić information content (AvgIpc) is 2.55. The van der Waals surface area contributed by atoms with Crippen LogP contribution in [0.1, 0.15) is 24.0 Å². The molecular formula is C17H19F3N2O4. The first-order valence-electron chi connectivity index (χ1n) is 7.98. The van der Waals surface area contributed by atoms with Crippen molar-refractivity contribution in [2.75, 3.05) is 20.1 Å². The van der Waals surface area contributed by atoms with E-state index < -0.39 is 36.1 Å². The summed E-state index contributed by atoms with van der Waals surface area (Å²) in [6.07, 6.45) is -4.05. The first kappa shape index (κ1) is 19.7. The van der Waals surface area contributed by atoms with Gasteiger partial charge in [-0.15, -0.1) is 0 Å². The molecule has 1 N–H and O–H groups in total. The Bertz CT molecular complexity index is 688. The Balaban J connectivity index is 2.13. The number of nitrogens with zero attached hydrogens (tertiary/aromatic N) is 2. The summed E-state index contributed by atoms with van der Waals surface area (Å²) in [5, 5.41) is 9.04. The number of likely N-dealkylation sites (tertiary alicyclic amines) is 1. The van der Waals surface area contributed by atoms with Gasteiger partial charge in [-0.3, -0.25) is 14.4 Å². The third-order valence-electron chi connectivity index (χ3n) is 4.30. The number of amides is 2. The summed E-state index contributed by atoms with van der Waals surface area (Å²) in [4.78, 5) is 38.0. The number of benzene rings is 1. The molecule has 1 unspecified atom stereocenters. The molecule has 2 amide bonds. The van der Waals surface area contributed by atoms with Gasteiger partial charge in [0, 0.05) is 32.5 Å². The summed E-state index contributed by atoms with van der Waals surface area (Å²) in [5.41, 5.74) is -0.440. The van der Waals surface area contributed by atoms with Gasteiger partial charge in [-0.05, 0) is 24.1 Å². The minimum atomic E-state index is -4.47. The zero-order valence-corrected chi connectivity index (χ0v) is 14.1. The Labute approximate surface area is 148 Å². The van der Waals surface area contributed by atoms with Crippen LogP contribution >= 0.6 is 0 Å². The quantitative estimate of drug-likeness (QED) is 0.858. The second-order valence-corrected chi connectivity index (χ2v) is 6.29. The van der Waals surface area contributed by atoms with Crippen LogP contribution in [0.3, 0.4) is 0 Å². The highest BCUT2D eigenvalue weighted by molar-refractivity contribution is 5.88. The fourth-order valence-corrected chi connectivity index (χ4v) is 2.81. The largest absolute Gasteiger partial charge is 0.480 e. The van der Waals surface area contributed by atoms with E-state index in [1.54, 1.807) is 7.05 Å². The lowest BCUT2D eigenvalue weighted by atomic mass is 9.94. The predicted octanol–water partition coefficient (Wildman–Crippen LogP) is 1.99. The fourth-order valence-electron chi connectivity index (χ4n) is 2.81. The van der Waals surface area contributed by atoms with Gasteiger partial charge in [0.25, 0.3) is 0 Å². The highest BCUT2D eigenvalue weighted by Crippen LogP contribution is 2.29. The molecule has 0 saturated carbocycles. The van der Waals surface area contributed by atoms with Crippen LogP contribution in [0.4, 0.5) is 13.2 Å². The zero-order valence-electron chi connectivity index (χ0n) is 14.1. The van der Waals surface area contributed by atoms with Gasteiger partial charge in [0.05, 0.1) is 5.56 Å². The third-order valence-corrected chi connectivity index (χ3v) is 4.30. The van der Waals surface area contributed by atoms with Gasteiger partial charge < -0.3 is 14.9 Å². The normalized spacial score (nSPS) is 17.9. The van der Waals surface area contributed by atoms with E-state index in [2.05, 4.69) is 0 Å². The van der Waals surface area contributed by atoms with Gasteiger partial charge in [0.15, 0.2) is 0 Å². The first-order valence-corrected chi connectivity index (χ1v) is 7.98. The standard InChI is InChI=1S/C17H19F3N2O4/c1-21-7-6-12(8-14(21)23)16(26)22(10-15(24)25)9-11-2-4-13(5-3-11)17(18,19)20/h2-5,12H,6-10H2,1H3,(H,24,25). The lowest BCUT2D eigenvalue weighted by Gasteiger charge is -2.31. The van der Waals surface area contributed by atoms with E-state index in [1.165, 1.54) is 17.0 Å². The number of carboxylic acids is 1. The summed E-state index contributed by atoms with van der Waals surface area (Å²) in [6.45, 7) is -0.319. The highest BCUT2D eigenvalue weighted by Gasteiger charge is 2.33. The molecule has 1 fully saturated rings. The number of hydrogen-bond acceptors (Lipinski definition) is 3. The molecule has 1 aromatic carbocycles. The highest BCUT2D eigenvalue weighted by atomic mass is 19.4. The summed E-state index contributed by atoms with van der Waals surface area (Å²) in [5.74, 6) is -2.52. The molecule has 6 nitrogen and oxygen atoms in total. The van der Waals surface area contributed by atoms with Crippen LogP contribution in [0.5, 0.6) is 0 Å². The third kappa shape index (κ3) is 4.96. The van der Waals surface area contributed by atoms with Gasteiger partial charge >= 0.3 is 12.1 Å². The summed E-state index contributed by atoms with van der Waals surface area (Å²) < 4.78 is 37.8. The molecule has 1 aliphatic heterocycles. The van der Waals surface area contributed by atoms with E-state index in [1.807, 2.05) is 0 Å². The van der Waals surface area contributed by atoms with Crippen molar-refractivity contribution in [1.82, 2.24) is 9.80 Å². The maximum absolute atomic E-state index is 12.6. The summed E-state index contributed by atoms with van der Waals surface area (Å²) in [6, 6.07) is 4.20. The second kappa shape index (κ2) is 7.76. The van der Waals surface area contributed by atoms with Crippen LogP contribution in [0.25, 0.3) is 0 Å². The molecule has 0 radical (unpaired) electrons. The van der Waals surface area contributed by atoms with Crippen LogP contribution < -0.4 is 0 Å². The van der Waals surface area contributed by atoms with Crippen molar-refractivity contribution in [3.63, 3.8) is 0 Å². The molecule has 1 atom stereocenters. The molecule has 0 aliphatic carbocycles. The smallest absolute Gasteiger partial charge is 0.416 e. The van der Waals surface area contributed by atoms with E-state index >= 15 is 0 Å². The Hall–Kier alpha value is -2.58. The van der Waals surface area contributed by atoms with Crippen molar-refractivity contribution in [2.24, 2.45) is 5.92 Å². The maximum Gasteiger partial charge on any atom is 0.416 e. The molecule has 1 heterocycles. The van der Waals surface area contributed by atoms with E-state index in [-0.39, 0.29) is 18.9 Å². The molecule has 9 heteroatoms. The van der Waals surface area contributed by atoms with Crippen LogP contribution in [0.15, 0.2) is 24.3 Å². The van der Waals surface area contributed by atoms with Gasteiger partial charge in [0.2, 0.25) is 11.8 Å². The molecule has 1 aromatic rings. The maximum atomic E-state index is 12.6. The topological polar surface area (TPSA) is 77.9 Å². The molecule has 0 bridgehead atoms. The van der Waals surface area contributed by atoms with Crippen molar-refractivity contribution in [3.05, 3.63) is 35.4 Å². The number of rotatable bonds is 5. The van der Waals surface area contributed by atoms with Gasteiger partial charge in [-0.1, -0.05) is 12.1 Å². The summed E-state index contributed by atoms with van der Waals surface area (Å²) in [7, 11) is 1.63. The molecule has 1 aliphatic rings. The number of piperidine rings is 1. The number of alkyl halides is 3. The molecule has 142 valence electrons. The lowest BCUT2D eigenvalue weighted by molar-refractivity contribution is -0.149. The van der Waals surface area contributed by atoms with Gasteiger partial charge in [0.1, 0.15) is 6.54 Å². The molecular weight excluding hydrogens is 353 g/mol. The second-order valence-electron chi connectivity index (χ2n) is 6.29. The fraction of sp³-hybridized carbons (Fsp3) is 0.471. The number of carboxylic acid groups (broad SMARTS) is 1. The zero-order chi connectivity index (χ0) is 19.5. The van der Waals surface area contributed by atoms with E-state index in [9.17, 15) is 27.6 Å². The van der Waals surface area contributed by atoms with E-state index in [0.29, 0.717) is 18.5 Å². The first-order chi connectivity index (χ1) is 12.1. The van der Waals surface area contributed by atoms with Crippen molar-refractivity contribution in [3.8, 4) is 0 Å². The van der Waals surface area contributed by atoms with E-state index in [0.717, 1.165) is 17.0 Å². The van der Waals surface area contributed by atoms with Crippen molar-refractivity contribution in [1.29, 1.82) is 0 Å². The van der Waals surface area contributed by atoms with Gasteiger partial charge in [-0.25, -0.2) is 0 Å².